The third-order valence-corrected chi connectivity index (χ3v) is 3.68. The van der Waals surface area contributed by atoms with Gasteiger partial charge in [0.2, 0.25) is 0 Å². The molecule has 22 heavy (non-hydrogen) atoms. The summed E-state index contributed by atoms with van der Waals surface area (Å²) < 4.78 is 152. The van der Waals surface area contributed by atoms with E-state index < -0.39 is 52.4 Å². The molecule has 2 unspecified atom stereocenters. The smallest absolute Gasteiger partial charge is 0.378 e. The maximum Gasteiger partial charge on any atom is 0.378 e. The molecule has 2 atom stereocenters. The average molecular weight is 371 g/mol. The minimum atomic E-state index is -6.97. The topological polar surface area (TPSA) is 40.1 Å². The van der Waals surface area contributed by atoms with Gasteiger partial charge < -0.3 is 4.55 Å². The van der Waals surface area contributed by atoms with E-state index in [2.05, 4.69) is 0 Å². The Morgan fingerprint density at radius 1 is 0.682 bits per heavy atom. The minimum Gasteiger partial charge on any atom is -0.768 e. The highest BCUT2D eigenvalue weighted by Gasteiger charge is 2.85. The molecular formula is C9H9F10O2S-. The molecule has 0 aromatic rings. The Bertz CT molecular complexity index is 454. The fraction of sp³-hybridized carbons (Fsp3) is 1.00. The van der Waals surface area contributed by atoms with Gasteiger partial charge in [0.15, 0.2) is 5.67 Å². The molecule has 0 spiro atoms. The second-order valence-corrected chi connectivity index (χ2v) is 5.93. The quantitative estimate of drug-likeness (QED) is 0.526. The first kappa shape index (κ1) is 21.4. The van der Waals surface area contributed by atoms with Gasteiger partial charge in [-0.3, -0.25) is 4.21 Å². The lowest BCUT2D eigenvalue weighted by atomic mass is 9.85. The SMILES string of the molecule is CC(C)(F)C(F)(F)C(F)(F)C(F)(F)C(C)(F)C(F)(F)S(=O)[O-]. The summed E-state index contributed by atoms with van der Waals surface area (Å²) in [6, 6.07) is 0. The van der Waals surface area contributed by atoms with Gasteiger partial charge in [0.25, 0.3) is 5.67 Å². The zero-order valence-corrected chi connectivity index (χ0v) is 11.8. The lowest BCUT2D eigenvalue weighted by molar-refractivity contribution is -0.377. The van der Waals surface area contributed by atoms with Crippen LogP contribution in [-0.4, -0.2) is 43.1 Å². The summed E-state index contributed by atoms with van der Waals surface area (Å²) in [6.45, 7) is -1.54. The Morgan fingerprint density at radius 2 is 1.00 bits per heavy atom. The first-order chi connectivity index (χ1) is 9.19. The summed E-state index contributed by atoms with van der Waals surface area (Å²) in [5.41, 5.74) is -10.3. The van der Waals surface area contributed by atoms with Gasteiger partial charge in [0.1, 0.15) is 0 Å². The zero-order chi connectivity index (χ0) is 18.6. The first-order valence-electron chi connectivity index (χ1n) is 5.18. The average Bonchev–Trinajstić information content (AvgIpc) is 2.25. The van der Waals surface area contributed by atoms with E-state index in [0.717, 1.165) is 0 Å². The van der Waals surface area contributed by atoms with Gasteiger partial charge in [-0.2, -0.15) is 35.1 Å². The molecule has 0 radical (unpaired) electrons. The summed E-state index contributed by atoms with van der Waals surface area (Å²) in [5.74, 6) is -20.2. The predicted molar refractivity (Wildman–Crippen MR) is 53.4 cm³/mol. The van der Waals surface area contributed by atoms with Crippen molar-refractivity contribution in [3.05, 3.63) is 0 Å². The number of hydrogen-bond acceptors (Lipinski definition) is 2. The third-order valence-electron chi connectivity index (χ3n) is 2.88. The highest BCUT2D eigenvalue weighted by Crippen LogP contribution is 2.59. The fourth-order valence-corrected chi connectivity index (χ4v) is 1.65. The molecule has 0 fully saturated rings. The minimum absolute atomic E-state index is 0.267. The molecule has 0 N–H and O–H groups in total. The van der Waals surface area contributed by atoms with Crippen LogP contribution in [0, 0.1) is 0 Å². The van der Waals surface area contributed by atoms with Crippen LogP contribution in [0.15, 0.2) is 0 Å². The molecule has 0 amide bonds. The number of halogens is 10. The predicted octanol–water partition coefficient (Wildman–Crippen LogP) is 3.84. The summed E-state index contributed by atoms with van der Waals surface area (Å²) in [5, 5.41) is -6.16. The van der Waals surface area contributed by atoms with E-state index in [1.54, 1.807) is 0 Å². The van der Waals surface area contributed by atoms with E-state index in [9.17, 15) is 52.7 Å². The van der Waals surface area contributed by atoms with Crippen LogP contribution < -0.4 is 0 Å². The summed E-state index contributed by atoms with van der Waals surface area (Å²) in [7, 11) is 0. The number of rotatable bonds is 6. The standard InChI is InChI=1S/C9H10F10O2S/c1-4(2,10)6(12,13)8(16,17)7(14,15)5(3,11)9(18,19)22(20)21/h1-3H3,(H,20,21)/p-1. The van der Waals surface area contributed by atoms with Crippen LogP contribution in [0.25, 0.3) is 0 Å². The van der Waals surface area contributed by atoms with Crippen molar-refractivity contribution in [2.24, 2.45) is 0 Å². The maximum absolute atomic E-state index is 13.5. The molecule has 13 heteroatoms. The lowest BCUT2D eigenvalue weighted by Gasteiger charge is -2.44. The molecule has 0 rings (SSSR count). The van der Waals surface area contributed by atoms with Crippen LogP contribution in [0.1, 0.15) is 20.8 Å². The van der Waals surface area contributed by atoms with Gasteiger partial charge in [-0.15, -0.1) is 0 Å². The molecule has 0 aromatic heterocycles. The van der Waals surface area contributed by atoms with E-state index in [4.69, 9.17) is 0 Å². The molecular weight excluding hydrogens is 362 g/mol. The van der Waals surface area contributed by atoms with E-state index in [1.807, 2.05) is 0 Å². The molecule has 0 aliphatic rings. The van der Waals surface area contributed by atoms with Crippen molar-refractivity contribution >= 4 is 11.1 Å². The van der Waals surface area contributed by atoms with Crippen molar-refractivity contribution in [1.29, 1.82) is 0 Å². The molecule has 0 aliphatic carbocycles. The largest absolute Gasteiger partial charge is 0.768 e. The monoisotopic (exact) mass is 371 g/mol. The van der Waals surface area contributed by atoms with Crippen molar-refractivity contribution in [2.45, 2.75) is 55.1 Å². The van der Waals surface area contributed by atoms with Crippen LogP contribution in [-0.2, 0) is 11.1 Å². The summed E-state index contributed by atoms with van der Waals surface area (Å²) in [6.07, 6.45) is 0. The Kier molecular flexibility index (Phi) is 5.07. The molecule has 134 valence electrons. The van der Waals surface area contributed by atoms with E-state index in [0.29, 0.717) is 0 Å². The van der Waals surface area contributed by atoms with Gasteiger partial charge in [0, 0.05) is 11.1 Å². The van der Waals surface area contributed by atoms with E-state index >= 15 is 0 Å². The van der Waals surface area contributed by atoms with Crippen LogP contribution in [0.5, 0.6) is 0 Å². The molecule has 0 saturated carbocycles. The van der Waals surface area contributed by atoms with Gasteiger partial charge in [-0.1, -0.05) is 0 Å². The van der Waals surface area contributed by atoms with Crippen molar-refractivity contribution < 1.29 is 52.7 Å². The zero-order valence-electron chi connectivity index (χ0n) is 11.0. The van der Waals surface area contributed by atoms with Gasteiger partial charge >= 0.3 is 23.0 Å². The molecule has 0 saturated heterocycles. The van der Waals surface area contributed by atoms with Gasteiger partial charge in [0.05, 0.1) is 0 Å². The molecule has 0 bridgehead atoms. The Labute approximate surface area is 120 Å². The lowest BCUT2D eigenvalue weighted by Crippen LogP contribution is -2.71. The van der Waals surface area contributed by atoms with Gasteiger partial charge in [-0.25, -0.2) is 8.78 Å². The Hall–Kier alpha value is -0.590. The highest BCUT2D eigenvalue weighted by atomic mass is 32.2. The van der Waals surface area contributed by atoms with Crippen LogP contribution >= 0.6 is 0 Å². The van der Waals surface area contributed by atoms with Crippen LogP contribution in [0.4, 0.5) is 43.9 Å². The first-order valence-corrected chi connectivity index (χ1v) is 6.25. The molecule has 0 aromatic carbocycles. The molecule has 2 nitrogen and oxygen atoms in total. The van der Waals surface area contributed by atoms with Crippen molar-refractivity contribution in [2.75, 3.05) is 0 Å². The normalized spacial score (nSPS) is 19.7. The van der Waals surface area contributed by atoms with Crippen LogP contribution in [0.2, 0.25) is 0 Å². The summed E-state index contributed by atoms with van der Waals surface area (Å²) in [4.78, 5) is 0. The second kappa shape index (κ2) is 5.21. The Morgan fingerprint density at radius 3 is 1.23 bits per heavy atom. The van der Waals surface area contributed by atoms with Crippen molar-refractivity contribution in [1.82, 2.24) is 0 Å². The molecule has 0 heterocycles. The number of alkyl halides is 10. The van der Waals surface area contributed by atoms with Crippen molar-refractivity contribution in [3.63, 3.8) is 0 Å². The molecule has 0 aliphatic heterocycles. The maximum atomic E-state index is 13.5. The second-order valence-electron chi connectivity index (χ2n) is 4.95. The van der Waals surface area contributed by atoms with Crippen LogP contribution in [0.3, 0.4) is 0 Å². The Balaban J connectivity index is 6.29. The number of hydrogen-bond donors (Lipinski definition) is 0. The van der Waals surface area contributed by atoms with Crippen molar-refractivity contribution in [3.8, 4) is 0 Å². The highest BCUT2D eigenvalue weighted by molar-refractivity contribution is 7.80. The fourth-order valence-electron chi connectivity index (χ4n) is 1.20. The summed E-state index contributed by atoms with van der Waals surface area (Å²) >= 11 is -4.98. The third kappa shape index (κ3) is 2.59. The van der Waals surface area contributed by atoms with Gasteiger partial charge in [-0.05, 0) is 20.8 Å². The van der Waals surface area contributed by atoms with E-state index in [1.165, 1.54) is 0 Å². The van der Waals surface area contributed by atoms with E-state index in [-0.39, 0.29) is 13.8 Å².